The first-order valence-electron chi connectivity index (χ1n) is 8.42. The number of alkyl halides is 1. The fourth-order valence-corrected chi connectivity index (χ4v) is 6.56. The van der Waals surface area contributed by atoms with E-state index in [1.165, 1.54) is 14.3 Å². The Labute approximate surface area is 158 Å². The number of amides is 1. The Morgan fingerprint density at radius 1 is 1.36 bits per heavy atom. The topological polar surface area (TPSA) is 52.6 Å². The fraction of sp³-hybridized carbons (Fsp3) is 0.529. The van der Waals surface area contributed by atoms with Crippen LogP contribution in [0.4, 0.5) is 9.18 Å². The monoisotopic (exact) mass is 398 g/mol. The number of nitrogens with one attached hydrogen (secondary N) is 1. The van der Waals surface area contributed by atoms with Gasteiger partial charge in [-0.2, -0.15) is 0 Å². The average molecular weight is 399 g/mol. The molecule has 2 aromatic heterocycles. The summed E-state index contributed by atoms with van der Waals surface area (Å²) in [5, 5.41) is 14.7. The van der Waals surface area contributed by atoms with Crippen LogP contribution in [0.1, 0.15) is 36.5 Å². The highest BCUT2D eigenvalue weighted by Crippen LogP contribution is 2.41. The van der Waals surface area contributed by atoms with E-state index >= 15 is 0 Å². The van der Waals surface area contributed by atoms with Gasteiger partial charge in [0.15, 0.2) is 0 Å². The summed E-state index contributed by atoms with van der Waals surface area (Å²) in [5.74, 6) is 0.526. The SMILES string of the molecule is O=C(O)N1CC(F)CC1C(=S)NC1CCC(c2cc3sccc3s2)C1. The Hall–Kier alpha value is -1.25. The van der Waals surface area contributed by atoms with Crippen molar-refractivity contribution in [2.24, 2.45) is 0 Å². The molecule has 1 amide bonds. The predicted molar refractivity (Wildman–Crippen MR) is 104 cm³/mol. The Morgan fingerprint density at radius 2 is 2.20 bits per heavy atom. The van der Waals surface area contributed by atoms with Crippen LogP contribution in [0.15, 0.2) is 17.5 Å². The molecule has 4 unspecified atom stereocenters. The van der Waals surface area contributed by atoms with Gasteiger partial charge in [0, 0.05) is 26.7 Å². The molecule has 0 bridgehead atoms. The molecule has 0 radical (unpaired) electrons. The van der Waals surface area contributed by atoms with Gasteiger partial charge in [0.1, 0.15) is 6.17 Å². The standard InChI is InChI=1S/C17H19FN2O2S3/c18-10-6-12(20(8-10)17(21)22)16(23)19-11-2-1-9(5-11)14-7-15-13(25-14)3-4-24-15/h3-4,7,9-12H,1-2,5-6,8H2,(H,19,23)(H,21,22). The predicted octanol–water partition coefficient (Wildman–Crippen LogP) is 4.61. The van der Waals surface area contributed by atoms with E-state index in [0.717, 1.165) is 24.2 Å². The van der Waals surface area contributed by atoms with Gasteiger partial charge < -0.3 is 10.4 Å². The highest BCUT2D eigenvalue weighted by Gasteiger charge is 2.39. The summed E-state index contributed by atoms with van der Waals surface area (Å²) in [4.78, 5) is 14.3. The molecule has 3 heterocycles. The van der Waals surface area contributed by atoms with Gasteiger partial charge in [0.05, 0.1) is 17.6 Å². The van der Waals surface area contributed by atoms with Gasteiger partial charge in [-0.15, -0.1) is 22.7 Å². The molecule has 0 spiro atoms. The molecule has 1 saturated heterocycles. The molecule has 1 saturated carbocycles. The van der Waals surface area contributed by atoms with Crippen molar-refractivity contribution < 1.29 is 14.3 Å². The highest BCUT2D eigenvalue weighted by atomic mass is 32.1. The first-order valence-corrected chi connectivity index (χ1v) is 10.5. The molecule has 4 atom stereocenters. The van der Waals surface area contributed by atoms with Crippen LogP contribution in [0, 0.1) is 0 Å². The molecule has 134 valence electrons. The normalized spacial score (nSPS) is 29.4. The van der Waals surface area contributed by atoms with Crippen LogP contribution in [-0.2, 0) is 0 Å². The number of rotatable bonds is 3. The number of fused-ring (bicyclic) bond motifs is 1. The van der Waals surface area contributed by atoms with Gasteiger partial charge in [-0.3, -0.25) is 4.90 Å². The van der Waals surface area contributed by atoms with Crippen molar-refractivity contribution in [2.45, 2.75) is 49.9 Å². The summed E-state index contributed by atoms with van der Waals surface area (Å²) in [5.41, 5.74) is 0. The van der Waals surface area contributed by atoms with Crippen molar-refractivity contribution in [3.63, 3.8) is 0 Å². The van der Waals surface area contributed by atoms with E-state index in [1.54, 1.807) is 11.3 Å². The maximum atomic E-state index is 13.6. The van der Waals surface area contributed by atoms with Crippen molar-refractivity contribution in [1.29, 1.82) is 0 Å². The van der Waals surface area contributed by atoms with Crippen LogP contribution in [0.3, 0.4) is 0 Å². The zero-order valence-electron chi connectivity index (χ0n) is 13.5. The Kier molecular flexibility index (Phi) is 4.68. The lowest BCUT2D eigenvalue weighted by atomic mass is 10.1. The summed E-state index contributed by atoms with van der Waals surface area (Å²) in [6.45, 7) is -0.0823. The zero-order valence-corrected chi connectivity index (χ0v) is 15.9. The number of carbonyl (C=O) groups is 1. The lowest BCUT2D eigenvalue weighted by Crippen LogP contribution is -2.47. The summed E-state index contributed by atoms with van der Waals surface area (Å²) < 4.78 is 16.3. The Balaban J connectivity index is 1.38. The maximum absolute atomic E-state index is 13.6. The van der Waals surface area contributed by atoms with Crippen molar-refractivity contribution >= 4 is 55.4 Å². The van der Waals surface area contributed by atoms with Crippen molar-refractivity contribution in [1.82, 2.24) is 10.2 Å². The van der Waals surface area contributed by atoms with E-state index in [0.29, 0.717) is 10.9 Å². The summed E-state index contributed by atoms with van der Waals surface area (Å²) in [7, 11) is 0. The molecule has 1 aliphatic carbocycles. The summed E-state index contributed by atoms with van der Waals surface area (Å²) in [6, 6.07) is 4.18. The van der Waals surface area contributed by atoms with Crippen LogP contribution >= 0.6 is 34.9 Å². The summed E-state index contributed by atoms with van der Waals surface area (Å²) in [6.07, 6.45) is 1.04. The lowest BCUT2D eigenvalue weighted by Gasteiger charge is -2.25. The van der Waals surface area contributed by atoms with Crippen molar-refractivity contribution in [2.75, 3.05) is 6.54 Å². The third kappa shape index (κ3) is 3.39. The lowest BCUT2D eigenvalue weighted by molar-refractivity contribution is 0.146. The van der Waals surface area contributed by atoms with E-state index in [-0.39, 0.29) is 19.0 Å². The minimum Gasteiger partial charge on any atom is -0.465 e. The van der Waals surface area contributed by atoms with Crippen LogP contribution in [0.25, 0.3) is 9.40 Å². The van der Waals surface area contributed by atoms with Crippen LogP contribution in [0.5, 0.6) is 0 Å². The largest absolute Gasteiger partial charge is 0.465 e. The molecule has 2 aliphatic rings. The molecule has 4 nitrogen and oxygen atoms in total. The number of thiocarbonyl (C=S) groups is 1. The molecular formula is C17H19FN2O2S3. The third-order valence-electron chi connectivity index (χ3n) is 5.14. The number of hydrogen-bond acceptors (Lipinski definition) is 4. The Bertz CT molecular complexity index is 776. The number of halogens is 1. The third-order valence-corrected chi connectivity index (χ3v) is 7.78. The molecule has 1 aliphatic heterocycles. The second-order valence-electron chi connectivity index (χ2n) is 6.80. The van der Waals surface area contributed by atoms with Crippen LogP contribution in [-0.4, -0.2) is 45.9 Å². The number of likely N-dealkylation sites (tertiary alicyclic amines) is 1. The quantitative estimate of drug-likeness (QED) is 0.742. The molecule has 0 aromatic carbocycles. The van der Waals surface area contributed by atoms with Crippen LogP contribution in [0.2, 0.25) is 0 Å². The van der Waals surface area contributed by atoms with Gasteiger partial charge in [0.25, 0.3) is 0 Å². The minimum absolute atomic E-state index is 0.0823. The number of carboxylic acid groups (broad SMARTS) is 1. The molecule has 2 N–H and O–H groups in total. The molecule has 8 heteroatoms. The highest BCUT2D eigenvalue weighted by molar-refractivity contribution is 7.80. The smallest absolute Gasteiger partial charge is 0.407 e. The second kappa shape index (κ2) is 6.81. The van der Waals surface area contributed by atoms with Gasteiger partial charge >= 0.3 is 6.09 Å². The first-order chi connectivity index (χ1) is 12.0. The Morgan fingerprint density at radius 3 is 2.96 bits per heavy atom. The van der Waals surface area contributed by atoms with E-state index in [1.807, 2.05) is 11.3 Å². The first kappa shape index (κ1) is 17.2. The fourth-order valence-electron chi connectivity index (χ4n) is 3.90. The molecular weight excluding hydrogens is 379 g/mol. The van der Waals surface area contributed by atoms with Gasteiger partial charge in [-0.1, -0.05) is 12.2 Å². The molecule has 25 heavy (non-hydrogen) atoms. The van der Waals surface area contributed by atoms with E-state index < -0.39 is 18.3 Å². The second-order valence-corrected chi connectivity index (χ2v) is 9.30. The van der Waals surface area contributed by atoms with E-state index in [9.17, 15) is 14.3 Å². The summed E-state index contributed by atoms with van der Waals surface area (Å²) >= 11 is 9.06. The number of hydrogen-bond donors (Lipinski definition) is 2. The van der Waals surface area contributed by atoms with Gasteiger partial charge in [-0.05, 0) is 42.7 Å². The van der Waals surface area contributed by atoms with E-state index in [2.05, 4.69) is 22.8 Å². The molecule has 2 fully saturated rings. The van der Waals surface area contributed by atoms with Gasteiger partial charge in [-0.25, -0.2) is 9.18 Å². The van der Waals surface area contributed by atoms with Gasteiger partial charge in [0.2, 0.25) is 0 Å². The van der Waals surface area contributed by atoms with Crippen molar-refractivity contribution in [3.05, 3.63) is 22.4 Å². The maximum Gasteiger partial charge on any atom is 0.407 e. The van der Waals surface area contributed by atoms with E-state index in [4.69, 9.17) is 12.2 Å². The molecule has 2 aromatic rings. The molecule has 4 rings (SSSR count). The average Bonchev–Trinajstić information content (AvgIpc) is 3.27. The zero-order chi connectivity index (χ0) is 17.6. The van der Waals surface area contributed by atoms with Crippen molar-refractivity contribution in [3.8, 4) is 0 Å². The number of thiophene rings is 2. The minimum atomic E-state index is -1.13. The van der Waals surface area contributed by atoms with Crippen LogP contribution < -0.4 is 5.32 Å². The number of nitrogens with zero attached hydrogens (tertiary/aromatic N) is 1.